The lowest BCUT2D eigenvalue weighted by atomic mass is 10.0. The number of nitrogens with one attached hydrogen (secondary N) is 5. The van der Waals surface area contributed by atoms with Crippen LogP contribution in [0.5, 0.6) is 5.75 Å². The first-order chi connectivity index (χ1) is 33.4. The third-order valence-electron chi connectivity index (χ3n) is 11.6. The molecule has 2 aliphatic rings. The van der Waals surface area contributed by atoms with E-state index in [2.05, 4.69) is 41.7 Å². The Labute approximate surface area is 406 Å². The summed E-state index contributed by atoms with van der Waals surface area (Å²) in [5.74, 6) is -1.05. The summed E-state index contributed by atoms with van der Waals surface area (Å²) in [4.78, 5) is 66.4. The van der Waals surface area contributed by atoms with Gasteiger partial charge in [-0.1, -0.05) is 36.2 Å². The Morgan fingerprint density at radius 3 is 2.26 bits per heavy atom. The number of primary sulfonamides is 1. The number of carbonyl (C=O) groups excluding carboxylic acids is 5. The molecule has 2 aliphatic heterocycles. The molecule has 0 aliphatic carbocycles. The van der Waals surface area contributed by atoms with Gasteiger partial charge in [0.1, 0.15) is 11.8 Å². The van der Waals surface area contributed by atoms with Gasteiger partial charge in [-0.25, -0.2) is 27.8 Å². The molecule has 0 saturated carbocycles. The van der Waals surface area contributed by atoms with Gasteiger partial charge in [-0.3, -0.25) is 14.4 Å². The fraction of sp³-hybridized carbons (Fsp3) is 0.435. The van der Waals surface area contributed by atoms with Gasteiger partial charge in [-0.15, -0.1) is 0 Å². The first-order valence-corrected chi connectivity index (χ1v) is 25.3. The number of nitrogens with two attached hydrogens (primary N) is 1. The third kappa shape index (κ3) is 14.9. The van der Waals surface area contributed by atoms with E-state index in [-0.39, 0.29) is 88.2 Å². The Bertz CT molecular complexity index is 2680. The van der Waals surface area contributed by atoms with Crippen LogP contribution in [0.2, 0.25) is 0 Å². The van der Waals surface area contributed by atoms with Crippen molar-refractivity contribution >= 4 is 57.2 Å². The average Bonchev–Trinajstić information content (AvgIpc) is 4.03. The van der Waals surface area contributed by atoms with E-state index >= 15 is 0 Å². The number of halogens is 3. The largest absolute Gasteiger partial charge is 0.435 e. The van der Waals surface area contributed by atoms with Crippen LogP contribution in [0.1, 0.15) is 92.2 Å². The van der Waals surface area contributed by atoms with Crippen LogP contribution in [0.25, 0.3) is 27.4 Å². The number of unbranched alkanes of at least 4 members (excludes halogenated alkanes) is 4. The average molecular weight is 1010 g/mol. The normalized spacial score (nSPS) is 16.8. The molecule has 5 amide bonds. The number of nitrogens with zero attached hydrogens (tertiary/aromatic N) is 5. The van der Waals surface area contributed by atoms with Gasteiger partial charge in [0.15, 0.2) is 5.69 Å². The number of hydrogen-bond acceptors (Lipinski definition) is 11. The van der Waals surface area contributed by atoms with Crippen LogP contribution in [-0.2, 0) is 30.6 Å². The first-order valence-electron chi connectivity index (χ1n) is 22.7. The number of urea groups is 1. The zero-order chi connectivity index (χ0) is 50.4. The van der Waals surface area contributed by atoms with E-state index < -0.39 is 39.8 Å². The molecule has 3 aromatic carbocycles. The molecule has 3 heterocycles. The van der Waals surface area contributed by atoms with E-state index in [1.165, 1.54) is 48.5 Å². The summed E-state index contributed by atoms with van der Waals surface area (Å²) in [6.45, 7) is 2.45. The molecular weight excluding hydrogens is 956 g/mol. The van der Waals surface area contributed by atoms with Crippen LogP contribution in [0, 0.1) is 6.92 Å². The second kappa shape index (κ2) is 24.3. The second-order valence-electron chi connectivity index (χ2n) is 16.9. The van der Waals surface area contributed by atoms with E-state index in [0.717, 1.165) is 54.3 Å². The fourth-order valence-corrected chi connectivity index (χ4v) is 10.0. The number of azide groups is 1. The number of fused-ring (bicyclic) bond motifs is 1. The van der Waals surface area contributed by atoms with Crippen LogP contribution in [-0.4, -0.2) is 90.1 Å². The minimum atomic E-state index is -4.90. The molecular formula is C46H54F3N11O8S2. The number of thioether (sulfide) groups is 1. The Kier molecular flexibility index (Phi) is 18.3. The summed E-state index contributed by atoms with van der Waals surface area (Å²) in [6.07, 6.45) is 1.25. The highest BCUT2D eigenvalue weighted by molar-refractivity contribution is 8.00. The van der Waals surface area contributed by atoms with Crippen molar-refractivity contribution < 1.29 is 50.3 Å². The zero-order valence-electron chi connectivity index (χ0n) is 38.2. The monoisotopic (exact) mass is 1010 g/mol. The van der Waals surface area contributed by atoms with Gasteiger partial charge in [0.2, 0.25) is 21.8 Å². The number of aromatic nitrogens is 2. The maximum absolute atomic E-state index is 14.1. The molecule has 4 aromatic rings. The predicted octanol–water partition coefficient (Wildman–Crippen LogP) is 6.85. The van der Waals surface area contributed by atoms with Crippen molar-refractivity contribution in [1.82, 2.24) is 36.4 Å². The van der Waals surface area contributed by atoms with E-state index in [1.807, 2.05) is 11.8 Å². The predicted molar refractivity (Wildman–Crippen MR) is 255 cm³/mol. The zero-order valence-corrected chi connectivity index (χ0v) is 39.8. The Balaban J connectivity index is 1.01. The Morgan fingerprint density at radius 2 is 1.60 bits per heavy atom. The number of alkyl halides is 3. The van der Waals surface area contributed by atoms with Crippen LogP contribution in [0.15, 0.2) is 82.8 Å². The molecule has 0 bridgehead atoms. The molecule has 374 valence electrons. The van der Waals surface area contributed by atoms with E-state index in [1.54, 1.807) is 13.0 Å². The van der Waals surface area contributed by atoms with Crippen molar-refractivity contribution in [2.75, 3.05) is 18.8 Å². The van der Waals surface area contributed by atoms with Crippen molar-refractivity contribution in [3.05, 3.63) is 100 Å². The number of amides is 5. The molecule has 0 unspecified atom stereocenters. The quantitative estimate of drug-likeness (QED) is 0.00808. The van der Waals surface area contributed by atoms with Gasteiger partial charge in [-0.2, -0.15) is 30.0 Å². The fourth-order valence-electron chi connectivity index (χ4n) is 7.98. The molecule has 2 fully saturated rings. The number of esters is 1. The van der Waals surface area contributed by atoms with Gasteiger partial charge in [0, 0.05) is 58.7 Å². The molecule has 70 heavy (non-hydrogen) atoms. The minimum absolute atomic E-state index is 0.0116. The summed E-state index contributed by atoms with van der Waals surface area (Å²) in [7, 11) is -4.12. The third-order valence-corrected chi connectivity index (χ3v) is 14.1. The van der Waals surface area contributed by atoms with Crippen molar-refractivity contribution in [3.63, 3.8) is 0 Å². The van der Waals surface area contributed by atoms with Crippen molar-refractivity contribution in [2.24, 2.45) is 10.3 Å². The first kappa shape index (κ1) is 52.7. The molecule has 1 aromatic heterocycles. The van der Waals surface area contributed by atoms with Crippen molar-refractivity contribution in [1.29, 1.82) is 0 Å². The maximum Gasteiger partial charge on any atom is 0.435 e. The number of hydrogen-bond donors (Lipinski definition) is 6. The molecule has 6 rings (SSSR count). The highest BCUT2D eigenvalue weighted by Crippen LogP contribution is 2.38. The topological polar surface area (TPSA) is 281 Å². The van der Waals surface area contributed by atoms with Crippen LogP contribution < -0.4 is 36.5 Å². The highest BCUT2D eigenvalue weighted by Gasteiger charge is 2.42. The van der Waals surface area contributed by atoms with E-state index in [4.69, 9.17) is 15.4 Å². The lowest BCUT2D eigenvalue weighted by molar-refractivity contribution is -0.141. The molecule has 4 atom stereocenters. The number of carbonyl (C=O) groups is 5. The Hall–Kier alpha value is -6.62. The van der Waals surface area contributed by atoms with Crippen molar-refractivity contribution in [2.45, 2.75) is 112 Å². The van der Waals surface area contributed by atoms with Crippen LogP contribution in [0.4, 0.5) is 23.7 Å². The van der Waals surface area contributed by atoms with Gasteiger partial charge in [0.25, 0.3) is 5.91 Å². The highest BCUT2D eigenvalue weighted by atomic mass is 32.2. The molecule has 24 heteroatoms. The SMILES string of the molecule is Cc1ccc(-c2cc(C(F)(F)F)nn2-c2ccc(S(N)(=O)=O)cc2)c(OC(=O)[C@@H](CCCCNC(=O)CCCCCNC(=O)CCCC[C@@H]2SC[C@@H]3NC(=O)N[C@@H]32)NC(=O)c2ccc(N=[N+]=[N-])cc2)c1. The molecule has 2 saturated heterocycles. The summed E-state index contributed by atoms with van der Waals surface area (Å²) >= 11 is 1.85. The smallest absolute Gasteiger partial charge is 0.424 e. The molecule has 0 spiro atoms. The summed E-state index contributed by atoms with van der Waals surface area (Å²) in [6, 6.07) is 14.4. The second-order valence-corrected chi connectivity index (χ2v) is 19.8. The lowest BCUT2D eigenvalue weighted by Crippen LogP contribution is -2.43. The standard InChI is InChI=1S/C46H54F3N11O8S2/c1-28-13-22-33(36-26-39(46(47,48)49)58-60(36)31-18-20-32(21-19-31)70(51,66)67)37(25-28)68-44(64)34(54-43(63)29-14-16-30(17-15-29)57-59-50)9-6-8-24-53-40(61)11-3-2-7-23-52-41(62)12-5-4-10-38-42-35(27-69-38)55-45(65)56-42/h13-22,25-26,34-35,38,42H,2-12,23-24,27H2,1H3,(H,52,62)(H,53,61)(H,54,63)(H2,51,66,67)(H2,55,56,65)/t34-,35+,38+,42+/m1/s1. The van der Waals surface area contributed by atoms with Gasteiger partial charge < -0.3 is 31.3 Å². The van der Waals surface area contributed by atoms with E-state index in [0.29, 0.717) is 49.5 Å². The van der Waals surface area contributed by atoms with Gasteiger partial charge in [0.05, 0.1) is 28.4 Å². The summed E-state index contributed by atoms with van der Waals surface area (Å²) in [5.41, 5.74) is 8.33. The van der Waals surface area contributed by atoms with Gasteiger partial charge >= 0.3 is 18.2 Å². The number of sulfonamides is 1. The Morgan fingerprint density at radius 1 is 0.929 bits per heavy atom. The van der Waals surface area contributed by atoms with Crippen molar-refractivity contribution in [3.8, 4) is 22.7 Å². The van der Waals surface area contributed by atoms with Gasteiger partial charge in [-0.05, 0) is 118 Å². The number of aryl methyl sites for hydroxylation is 1. The minimum Gasteiger partial charge on any atom is -0.424 e. The number of rotatable bonds is 24. The lowest BCUT2D eigenvalue weighted by Gasteiger charge is -2.19. The number of benzene rings is 3. The van der Waals surface area contributed by atoms with Crippen LogP contribution in [0.3, 0.4) is 0 Å². The maximum atomic E-state index is 14.1. The summed E-state index contributed by atoms with van der Waals surface area (Å²) in [5, 5.41) is 27.2. The van der Waals surface area contributed by atoms with Crippen LogP contribution >= 0.6 is 11.8 Å². The molecule has 7 N–H and O–H groups in total. The molecule has 19 nitrogen and oxygen atoms in total. The number of ether oxygens (including phenoxy) is 1. The van der Waals surface area contributed by atoms with E-state index in [9.17, 15) is 45.6 Å². The molecule has 0 radical (unpaired) electrons. The summed E-state index contributed by atoms with van der Waals surface area (Å²) < 4.78 is 72.9.